The molecule has 0 aliphatic rings. The van der Waals surface area contributed by atoms with Gasteiger partial charge in [0.15, 0.2) is 0 Å². The molecule has 1 heterocycles. The zero-order valence-electron chi connectivity index (χ0n) is 9.67. The molecule has 1 aromatic carbocycles. The quantitative estimate of drug-likeness (QED) is 0.852. The SMILES string of the molecule is NS(=O)(=O)c1ccc(CNCc2ccccc2)o1. The van der Waals surface area contributed by atoms with E-state index in [4.69, 9.17) is 9.56 Å². The summed E-state index contributed by atoms with van der Waals surface area (Å²) in [7, 11) is -3.75. The van der Waals surface area contributed by atoms with Gasteiger partial charge < -0.3 is 9.73 Å². The van der Waals surface area contributed by atoms with E-state index in [1.54, 1.807) is 6.07 Å². The Balaban J connectivity index is 1.90. The first-order valence-electron chi connectivity index (χ1n) is 5.42. The van der Waals surface area contributed by atoms with Crippen molar-refractivity contribution in [2.75, 3.05) is 0 Å². The van der Waals surface area contributed by atoms with Gasteiger partial charge in [0.2, 0.25) is 5.09 Å². The van der Waals surface area contributed by atoms with Crippen molar-refractivity contribution in [1.29, 1.82) is 0 Å². The fraction of sp³-hybridized carbons (Fsp3) is 0.167. The van der Waals surface area contributed by atoms with Gasteiger partial charge in [-0.05, 0) is 17.7 Å². The van der Waals surface area contributed by atoms with Crippen molar-refractivity contribution in [3.05, 3.63) is 53.8 Å². The highest BCUT2D eigenvalue weighted by Gasteiger charge is 2.12. The third kappa shape index (κ3) is 3.43. The Labute approximate surface area is 106 Å². The van der Waals surface area contributed by atoms with Crippen LogP contribution in [0.1, 0.15) is 11.3 Å². The van der Waals surface area contributed by atoms with Crippen LogP contribution in [0, 0.1) is 0 Å². The molecular formula is C12H14N2O3S. The van der Waals surface area contributed by atoms with Crippen LogP contribution in [0.3, 0.4) is 0 Å². The molecule has 0 atom stereocenters. The van der Waals surface area contributed by atoms with E-state index in [-0.39, 0.29) is 5.09 Å². The van der Waals surface area contributed by atoms with Gasteiger partial charge in [-0.3, -0.25) is 0 Å². The van der Waals surface area contributed by atoms with Gasteiger partial charge in [-0.15, -0.1) is 0 Å². The number of furan rings is 1. The van der Waals surface area contributed by atoms with Crippen LogP contribution in [0.5, 0.6) is 0 Å². The zero-order valence-corrected chi connectivity index (χ0v) is 10.5. The average Bonchev–Trinajstić information content (AvgIpc) is 2.79. The first-order chi connectivity index (χ1) is 8.55. The summed E-state index contributed by atoms with van der Waals surface area (Å²) in [5.74, 6) is 0.537. The van der Waals surface area contributed by atoms with Gasteiger partial charge in [-0.25, -0.2) is 13.6 Å². The van der Waals surface area contributed by atoms with Gasteiger partial charge in [-0.1, -0.05) is 30.3 Å². The number of hydrogen-bond donors (Lipinski definition) is 2. The third-order valence-corrected chi connectivity index (χ3v) is 3.17. The van der Waals surface area contributed by atoms with Crippen molar-refractivity contribution < 1.29 is 12.8 Å². The summed E-state index contributed by atoms with van der Waals surface area (Å²) >= 11 is 0. The predicted molar refractivity (Wildman–Crippen MR) is 67.1 cm³/mol. The fourth-order valence-corrected chi connectivity index (χ4v) is 2.01. The second-order valence-corrected chi connectivity index (χ2v) is 5.35. The van der Waals surface area contributed by atoms with Crippen LogP contribution < -0.4 is 10.5 Å². The normalized spacial score (nSPS) is 11.6. The molecule has 0 radical (unpaired) electrons. The Morgan fingerprint density at radius 2 is 1.78 bits per heavy atom. The van der Waals surface area contributed by atoms with Crippen LogP contribution in [-0.2, 0) is 23.1 Å². The van der Waals surface area contributed by atoms with Crippen molar-refractivity contribution >= 4 is 10.0 Å². The van der Waals surface area contributed by atoms with Crippen LogP contribution in [0.15, 0.2) is 52.0 Å². The molecule has 0 bridgehead atoms. The van der Waals surface area contributed by atoms with Crippen LogP contribution in [-0.4, -0.2) is 8.42 Å². The average molecular weight is 266 g/mol. The summed E-state index contributed by atoms with van der Waals surface area (Å²) in [4.78, 5) is 0. The van der Waals surface area contributed by atoms with Crippen molar-refractivity contribution in [3.63, 3.8) is 0 Å². The molecule has 18 heavy (non-hydrogen) atoms. The molecule has 0 spiro atoms. The topological polar surface area (TPSA) is 85.3 Å². The molecule has 1 aromatic heterocycles. The van der Waals surface area contributed by atoms with Gasteiger partial charge in [0, 0.05) is 6.54 Å². The highest BCUT2D eigenvalue weighted by molar-refractivity contribution is 7.89. The Morgan fingerprint density at radius 1 is 1.06 bits per heavy atom. The van der Waals surface area contributed by atoms with Crippen LogP contribution >= 0.6 is 0 Å². The molecule has 6 heteroatoms. The van der Waals surface area contributed by atoms with Crippen molar-refractivity contribution in [2.24, 2.45) is 5.14 Å². The van der Waals surface area contributed by atoms with Crippen LogP contribution in [0.25, 0.3) is 0 Å². The highest BCUT2D eigenvalue weighted by atomic mass is 32.2. The molecule has 0 aliphatic carbocycles. The Hall–Kier alpha value is -1.63. The molecule has 3 N–H and O–H groups in total. The minimum atomic E-state index is -3.75. The lowest BCUT2D eigenvalue weighted by molar-refractivity contribution is 0.402. The molecule has 2 rings (SSSR count). The van der Waals surface area contributed by atoms with Gasteiger partial charge >= 0.3 is 0 Å². The maximum atomic E-state index is 11.0. The minimum absolute atomic E-state index is 0.209. The number of hydrogen-bond acceptors (Lipinski definition) is 4. The van der Waals surface area contributed by atoms with Crippen molar-refractivity contribution in [3.8, 4) is 0 Å². The summed E-state index contributed by atoms with van der Waals surface area (Å²) in [5, 5.41) is 7.89. The Kier molecular flexibility index (Phi) is 3.81. The molecular weight excluding hydrogens is 252 g/mol. The van der Waals surface area contributed by atoms with Gasteiger partial charge in [-0.2, -0.15) is 0 Å². The first kappa shape index (κ1) is 12.8. The smallest absolute Gasteiger partial charge is 0.271 e. The lowest BCUT2D eigenvalue weighted by Crippen LogP contribution is -2.12. The summed E-state index contributed by atoms with van der Waals surface area (Å²) in [6.07, 6.45) is 0. The highest BCUT2D eigenvalue weighted by Crippen LogP contribution is 2.12. The van der Waals surface area contributed by atoms with Crippen molar-refractivity contribution in [2.45, 2.75) is 18.2 Å². The lowest BCUT2D eigenvalue weighted by Gasteiger charge is -2.02. The molecule has 0 saturated carbocycles. The lowest BCUT2D eigenvalue weighted by atomic mass is 10.2. The number of sulfonamides is 1. The van der Waals surface area contributed by atoms with E-state index in [9.17, 15) is 8.42 Å². The van der Waals surface area contributed by atoms with E-state index in [2.05, 4.69) is 5.32 Å². The number of rotatable bonds is 5. The maximum absolute atomic E-state index is 11.0. The van der Waals surface area contributed by atoms with Crippen LogP contribution in [0.2, 0.25) is 0 Å². The van der Waals surface area contributed by atoms with E-state index in [1.807, 2.05) is 30.3 Å². The van der Waals surface area contributed by atoms with E-state index < -0.39 is 10.0 Å². The first-order valence-corrected chi connectivity index (χ1v) is 6.96. The van der Waals surface area contributed by atoms with E-state index in [0.29, 0.717) is 18.8 Å². The number of nitrogens with one attached hydrogen (secondary N) is 1. The monoisotopic (exact) mass is 266 g/mol. The molecule has 96 valence electrons. The molecule has 0 unspecified atom stereocenters. The van der Waals surface area contributed by atoms with Gasteiger partial charge in [0.25, 0.3) is 10.0 Å². The second-order valence-electron chi connectivity index (χ2n) is 3.85. The minimum Gasteiger partial charge on any atom is -0.447 e. The molecule has 2 aromatic rings. The number of nitrogens with two attached hydrogens (primary N) is 1. The molecule has 0 aliphatic heterocycles. The van der Waals surface area contributed by atoms with Crippen molar-refractivity contribution in [1.82, 2.24) is 5.32 Å². The van der Waals surface area contributed by atoms with Gasteiger partial charge in [0.1, 0.15) is 5.76 Å². The van der Waals surface area contributed by atoms with E-state index in [0.717, 1.165) is 5.56 Å². The molecule has 5 nitrogen and oxygen atoms in total. The summed E-state index contributed by atoms with van der Waals surface area (Å²) in [6.45, 7) is 1.14. The van der Waals surface area contributed by atoms with Gasteiger partial charge in [0.05, 0.1) is 6.54 Å². The summed E-state index contributed by atoms with van der Waals surface area (Å²) in [5.41, 5.74) is 1.15. The largest absolute Gasteiger partial charge is 0.447 e. The predicted octanol–water partition coefficient (Wildman–Crippen LogP) is 1.22. The number of benzene rings is 1. The van der Waals surface area contributed by atoms with Crippen LogP contribution in [0.4, 0.5) is 0 Å². The van der Waals surface area contributed by atoms with E-state index >= 15 is 0 Å². The summed E-state index contributed by atoms with van der Waals surface area (Å²) < 4.78 is 27.1. The molecule has 0 saturated heterocycles. The Morgan fingerprint density at radius 3 is 2.39 bits per heavy atom. The van der Waals surface area contributed by atoms with E-state index in [1.165, 1.54) is 6.07 Å². The molecule has 0 amide bonds. The third-order valence-electron chi connectivity index (χ3n) is 2.39. The fourth-order valence-electron chi connectivity index (χ4n) is 1.53. The molecule has 0 fully saturated rings. The second kappa shape index (κ2) is 5.34. The number of primary sulfonamides is 1. The summed E-state index contributed by atoms with van der Waals surface area (Å²) in [6, 6.07) is 12.8. The maximum Gasteiger partial charge on any atom is 0.271 e. The Bertz CT molecular complexity index is 605. The zero-order chi connectivity index (χ0) is 13.0. The standard InChI is InChI=1S/C12H14N2O3S/c13-18(15,16)12-7-6-11(17-12)9-14-8-10-4-2-1-3-5-10/h1-7,14H,8-9H2,(H2,13,15,16).